The van der Waals surface area contributed by atoms with Gasteiger partial charge in [0.1, 0.15) is 17.5 Å². The molecule has 0 fully saturated rings. The van der Waals surface area contributed by atoms with Gasteiger partial charge in [0.25, 0.3) is 5.91 Å². The standard InChI is InChI=1S/C23H19N3O3/c27-21-19(25-23(29)24-17-12-6-2-7-13-17)22(28)26(18-14-8-3-9-15-18)20(21)16-10-4-1-5-11-16/h1-15,20,27H,(H2,24,25,29). The number of amides is 3. The van der Waals surface area contributed by atoms with Crippen molar-refractivity contribution in [3.8, 4) is 0 Å². The molecule has 0 spiro atoms. The third kappa shape index (κ3) is 3.68. The van der Waals surface area contributed by atoms with Gasteiger partial charge in [-0.25, -0.2) is 4.79 Å². The molecule has 6 nitrogen and oxygen atoms in total. The Labute approximate surface area is 168 Å². The highest BCUT2D eigenvalue weighted by Gasteiger charge is 2.42. The number of hydrogen-bond acceptors (Lipinski definition) is 3. The summed E-state index contributed by atoms with van der Waals surface area (Å²) in [6.07, 6.45) is 0. The van der Waals surface area contributed by atoms with Crippen LogP contribution in [0.15, 0.2) is 102 Å². The molecule has 3 aromatic carbocycles. The van der Waals surface area contributed by atoms with Gasteiger partial charge < -0.3 is 10.4 Å². The smallest absolute Gasteiger partial charge is 0.323 e. The molecule has 3 aromatic rings. The number of nitrogens with zero attached hydrogens (tertiary/aromatic N) is 1. The molecule has 3 amide bonds. The van der Waals surface area contributed by atoms with Gasteiger partial charge in [0.05, 0.1) is 0 Å². The first-order valence-electron chi connectivity index (χ1n) is 9.15. The van der Waals surface area contributed by atoms with Gasteiger partial charge >= 0.3 is 6.03 Å². The van der Waals surface area contributed by atoms with Crippen LogP contribution in [-0.4, -0.2) is 17.0 Å². The zero-order chi connectivity index (χ0) is 20.2. The third-order valence-electron chi connectivity index (χ3n) is 4.63. The quantitative estimate of drug-likeness (QED) is 0.624. The van der Waals surface area contributed by atoms with Crippen molar-refractivity contribution >= 4 is 23.3 Å². The molecule has 1 unspecified atom stereocenters. The van der Waals surface area contributed by atoms with Crippen molar-refractivity contribution in [2.45, 2.75) is 6.04 Å². The molecule has 0 radical (unpaired) electrons. The highest BCUT2D eigenvalue weighted by molar-refractivity contribution is 6.12. The highest BCUT2D eigenvalue weighted by Crippen LogP contribution is 2.38. The van der Waals surface area contributed by atoms with Crippen LogP contribution < -0.4 is 15.5 Å². The molecule has 0 saturated carbocycles. The zero-order valence-corrected chi connectivity index (χ0v) is 15.4. The lowest BCUT2D eigenvalue weighted by molar-refractivity contribution is -0.115. The van der Waals surface area contributed by atoms with Crippen molar-refractivity contribution < 1.29 is 14.7 Å². The third-order valence-corrected chi connectivity index (χ3v) is 4.63. The minimum absolute atomic E-state index is 0.142. The van der Waals surface area contributed by atoms with Gasteiger partial charge in [0.15, 0.2) is 0 Å². The molecule has 0 bridgehead atoms. The number of carbonyl (C=O) groups is 2. The van der Waals surface area contributed by atoms with Gasteiger partial charge in [-0.3, -0.25) is 15.0 Å². The first-order chi connectivity index (χ1) is 14.1. The maximum Gasteiger partial charge on any atom is 0.323 e. The molecule has 29 heavy (non-hydrogen) atoms. The SMILES string of the molecule is O=C(NC1=C(O)C(c2ccccc2)N(c2ccccc2)C1=O)Nc1ccccc1. The number of carbonyl (C=O) groups excluding carboxylic acids is 2. The lowest BCUT2D eigenvalue weighted by Gasteiger charge is -2.25. The molecular formula is C23H19N3O3. The average molecular weight is 385 g/mol. The molecule has 0 aromatic heterocycles. The molecule has 1 heterocycles. The Kier molecular flexibility index (Phi) is 4.99. The van der Waals surface area contributed by atoms with Crippen molar-refractivity contribution in [1.82, 2.24) is 5.32 Å². The molecular weight excluding hydrogens is 366 g/mol. The van der Waals surface area contributed by atoms with E-state index in [-0.39, 0.29) is 11.5 Å². The van der Waals surface area contributed by atoms with Crippen molar-refractivity contribution in [2.24, 2.45) is 0 Å². The maximum absolute atomic E-state index is 13.2. The number of aliphatic hydroxyl groups is 1. The molecule has 1 atom stereocenters. The van der Waals surface area contributed by atoms with Crippen molar-refractivity contribution in [1.29, 1.82) is 0 Å². The van der Waals surface area contributed by atoms with Crippen LogP contribution in [0.3, 0.4) is 0 Å². The number of hydrogen-bond donors (Lipinski definition) is 3. The second-order valence-electron chi connectivity index (χ2n) is 6.53. The second kappa shape index (κ2) is 7.90. The van der Waals surface area contributed by atoms with E-state index < -0.39 is 18.0 Å². The van der Waals surface area contributed by atoms with E-state index in [1.807, 2.05) is 54.6 Å². The Morgan fingerprint density at radius 3 is 1.97 bits per heavy atom. The fourth-order valence-corrected chi connectivity index (χ4v) is 3.32. The molecule has 6 heteroatoms. The normalized spacial score (nSPS) is 16.1. The number of aliphatic hydroxyl groups excluding tert-OH is 1. The predicted octanol–water partition coefficient (Wildman–Crippen LogP) is 4.37. The van der Waals surface area contributed by atoms with Gasteiger partial charge in [-0.1, -0.05) is 66.7 Å². The summed E-state index contributed by atoms with van der Waals surface area (Å²) in [5.41, 5.74) is 1.80. The molecule has 0 saturated heterocycles. The largest absolute Gasteiger partial charge is 0.507 e. The van der Waals surface area contributed by atoms with Crippen LogP contribution in [0.5, 0.6) is 0 Å². The number of nitrogens with one attached hydrogen (secondary N) is 2. The first kappa shape index (κ1) is 18.3. The minimum atomic E-state index is -0.724. The fourth-order valence-electron chi connectivity index (χ4n) is 3.32. The first-order valence-corrected chi connectivity index (χ1v) is 9.15. The Balaban J connectivity index is 1.66. The molecule has 0 aliphatic carbocycles. The van der Waals surface area contributed by atoms with E-state index in [4.69, 9.17) is 0 Å². The summed E-state index contributed by atoms with van der Waals surface area (Å²) < 4.78 is 0. The van der Waals surface area contributed by atoms with Crippen LogP contribution in [0.1, 0.15) is 11.6 Å². The van der Waals surface area contributed by atoms with Gasteiger partial charge in [-0.05, 0) is 29.8 Å². The van der Waals surface area contributed by atoms with Crippen LogP contribution in [0, 0.1) is 0 Å². The Hall–Kier alpha value is -4.06. The van der Waals surface area contributed by atoms with Crippen LogP contribution in [-0.2, 0) is 4.79 Å². The highest BCUT2D eigenvalue weighted by atomic mass is 16.3. The van der Waals surface area contributed by atoms with Gasteiger partial charge in [-0.15, -0.1) is 0 Å². The average Bonchev–Trinajstić information content (AvgIpc) is 3.00. The summed E-state index contributed by atoms with van der Waals surface area (Å²) in [4.78, 5) is 27.0. The summed E-state index contributed by atoms with van der Waals surface area (Å²) in [5.74, 6) is -0.681. The molecule has 1 aliphatic heterocycles. The van der Waals surface area contributed by atoms with Crippen molar-refractivity contribution in [2.75, 3.05) is 10.2 Å². The zero-order valence-electron chi connectivity index (χ0n) is 15.4. The van der Waals surface area contributed by atoms with Crippen LogP contribution in [0.4, 0.5) is 16.2 Å². The Morgan fingerprint density at radius 2 is 1.34 bits per heavy atom. The van der Waals surface area contributed by atoms with Crippen molar-refractivity contribution in [3.05, 3.63) is 108 Å². The summed E-state index contributed by atoms with van der Waals surface area (Å²) in [5, 5.41) is 16.1. The summed E-state index contributed by atoms with van der Waals surface area (Å²) >= 11 is 0. The second-order valence-corrected chi connectivity index (χ2v) is 6.53. The van der Waals surface area contributed by atoms with Gasteiger partial charge in [-0.2, -0.15) is 0 Å². The van der Waals surface area contributed by atoms with Gasteiger partial charge in [0, 0.05) is 11.4 Å². The summed E-state index contributed by atoms with van der Waals surface area (Å²) in [6, 6.07) is 25.8. The Morgan fingerprint density at radius 1 is 0.793 bits per heavy atom. The lowest BCUT2D eigenvalue weighted by atomic mass is 10.0. The fraction of sp³-hybridized carbons (Fsp3) is 0.0435. The maximum atomic E-state index is 13.2. The van der Waals surface area contributed by atoms with E-state index in [9.17, 15) is 14.7 Å². The van der Waals surface area contributed by atoms with Gasteiger partial charge in [0.2, 0.25) is 0 Å². The van der Waals surface area contributed by atoms with Crippen LogP contribution >= 0.6 is 0 Å². The summed E-state index contributed by atoms with van der Waals surface area (Å²) in [7, 11) is 0. The predicted molar refractivity (Wildman–Crippen MR) is 111 cm³/mol. The Bertz CT molecular complexity index is 1050. The number of benzene rings is 3. The molecule has 3 N–H and O–H groups in total. The van der Waals surface area contributed by atoms with Crippen molar-refractivity contribution in [3.63, 3.8) is 0 Å². The van der Waals surface area contributed by atoms with E-state index in [2.05, 4.69) is 10.6 Å². The van der Waals surface area contributed by atoms with E-state index in [0.717, 1.165) is 5.56 Å². The van der Waals surface area contributed by atoms with E-state index >= 15 is 0 Å². The van der Waals surface area contributed by atoms with E-state index in [0.29, 0.717) is 11.4 Å². The van der Waals surface area contributed by atoms with E-state index in [1.165, 1.54) is 4.90 Å². The molecule has 4 rings (SSSR count). The van der Waals surface area contributed by atoms with Crippen LogP contribution in [0.2, 0.25) is 0 Å². The summed E-state index contributed by atoms with van der Waals surface area (Å²) in [6.45, 7) is 0. The topological polar surface area (TPSA) is 81.7 Å². The number of urea groups is 1. The monoisotopic (exact) mass is 385 g/mol. The van der Waals surface area contributed by atoms with Crippen LogP contribution in [0.25, 0.3) is 0 Å². The number of para-hydroxylation sites is 2. The molecule has 1 aliphatic rings. The number of rotatable bonds is 4. The molecule has 144 valence electrons. The lowest BCUT2D eigenvalue weighted by Crippen LogP contribution is -2.36. The minimum Gasteiger partial charge on any atom is -0.507 e. The van der Waals surface area contributed by atoms with E-state index in [1.54, 1.807) is 36.4 Å². The number of anilines is 2.